The molecule has 0 saturated carbocycles. The van der Waals surface area contributed by atoms with Gasteiger partial charge in [-0.2, -0.15) is 0 Å². The SMILES string of the molecule is CC(N=C(N)Nc1ccccc1)c1ccc(Cl)cc1Cl. The number of anilines is 1. The molecular weight excluding hydrogens is 293 g/mol. The molecular formula is C15H15Cl2N3. The largest absolute Gasteiger partial charge is 0.370 e. The van der Waals surface area contributed by atoms with E-state index in [9.17, 15) is 0 Å². The molecule has 2 rings (SSSR count). The molecule has 0 aromatic heterocycles. The Hall–Kier alpha value is -1.71. The number of guanidine groups is 1. The average Bonchev–Trinajstić information content (AvgIpc) is 2.39. The average molecular weight is 308 g/mol. The molecule has 0 bridgehead atoms. The van der Waals surface area contributed by atoms with Crippen molar-refractivity contribution in [3.63, 3.8) is 0 Å². The molecule has 0 amide bonds. The monoisotopic (exact) mass is 307 g/mol. The molecule has 0 heterocycles. The van der Waals surface area contributed by atoms with E-state index in [0.29, 0.717) is 16.0 Å². The lowest BCUT2D eigenvalue weighted by atomic mass is 10.1. The summed E-state index contributed by atoms with van der Waals surface area (Å²) in [5.41, 5.74) is 7.67. The Morgan fingerprint density at radius 3 is 2.50 bits per heavy atom. The van der Waals surface area contributed by atoms with E-state index in [1.54, 1.807) is 12.1 Å². The first-order valence-electron chi connectivity index (χ1n) is 6.16. The van der Waals surface area contributed by atoms with Gasteiger partial charge in [-0.25, -0.2) is 4.99 Å². The van der Waals surface area contributed by atoms with Crippen LogP contribution in [0.3, 0.4) is 0 Å². The molecule has 1 unspecified atom stereocenters. The Kier molecular flexibility index (Phi) is 4.88. The van der Waals surface area contributed by atoms with Crippen LogP contribution in [-0.4, -0.2) is 5.96 Å². The Labute approximate surface area is 128 Å². The lowest BCUT2D eigenvalue weighted by Crippen LogP contribution is -2.23. The first-order chi connectivity index (χ1) is 9.56. The summed E-state index contributed by atoms with van der Waals surface area (Å²) in [5, 5.41) is 4.22. The summed E-state index contributed by atoms with van der Waals surface area (Å²) >= 11 is 12.0. The zero-order chi connectivity index (χ0) is 14.5. The molecule has 0 fully saturated rings. The number of benzene rings is 2. The molecule has 0 saturated heterocycles. The van der Waals surface area contributed by atoms with Gasteiger partial charge in [-0.1, -0.05) is 47.5 Å². The van der Waals surface area contributed by atoms with Crippen LogP contribution < -0.4 is 11.1 Å². The molecule has 3 N–H and O–H groups in total. The number of nitrogens with zero attached hydrogens (tertiary/aromatic N) is 1. The van der Waals surface area contributed by atoms with Crippen LogP contribution in [0.5, 0.6) is 0 Å². The Morgan fingerprint density at radius 2 is 1.85 bits per heavy atom. The first-order valence-corrected chi connectivity index (χ1v) is 6.92. The zero-order valence-corrected chi connectivity index (χ0v) is 12.5. The van der Waals surface area contributed by atoms with E-state index in [1.165, 1.54) is 0 Å². The first kappa shape index (κ1) is 14.7. The standard InChI is InChI=1S/C15H15Cl2N3/c1-10(13-8-7-11(16)9-14(13)17)19-15(18)20-12-5-3-2-4-6-12/h2-10H,1H3,(H3,18,19,20). The third-order valence-electron chi connectivity index (χ3n) is 2.79. The van der Waals surface area contributed by atoms with E-state index in [1.807, 2.05) is 43.3 Å². The highest BCUT2D eigenvalue weighted by molar-refractivity contribution is 6.35. The van der Waals surface area contributed by atoms with E-state index in [-0.39, 0.29) is 6.04 Å². The van der Waals surface area contributed by atoms with Crippen LogP contribution in [0.2, 0.25) is 10.0 Å². The second-order valence-corrected chi connectivity index (χ2v) is 5.19. The minimum atomic E-state index is -0.157. The molecule has 104 valence electrons. The van der Waals surface area contributed by atoms with Crippen LogP contribution in [0.1, 0.15) is 18.5 Å². The fourth-order valence-electron chi connectivity index (χ4n) is 1.82. The minimum Gasteiger partial charge on any atom is -0.370 e. The lowest BCUT2D eigenvalue weighted by molar-refractivity contribution is 0.818. The summed E-state index contributed by atoms with van der Waals surface area (Å²) in [4.78, 5) is 4.39. The van der Waals surface area contributed by atoms with Crippen molar-refractivity contribution < 1.29 is 0 Å². The van der Waals surface area contributed by atoms with E-state index < -0.39 is 0 Å². The number of hydrogen-bond acceptors (Lipinski definition) is 1. The number of aliphatic imine (C=N–C) groups is 1. The van der Waals surface area contributed by atoms with Gasteiger partial charge in [0.25, 0.3) is 0 Å². The second kappa shape index (κ2) is 6.64. The normalized spacial score (nSPS) is 13.1. The van der Waals surface area contributed by atoms with E-state index in [0.717, 1.165) is 11.3 Å². The van der Waals surface area contributed by atoms with Crippen molar-refractivity contribution in [1.82, 2.24) is 0 Å². The lowest BCUT2D eigenvalue weighted by Gasteiger charge is -2.12. The summed E-state index contributed by atoms with van der Waals surface area (Å²) in [7, 11) is 0. The molecule has 2 aromatic carbocycles. The molecule has 3 nitrogen and oxygen atoms in total. The number of nitrogens with one attached hydrogen (secondary N) is 1. The van der Waals surface area contributed by atoms with Gasteiger partial charge >= 0.3 is 0 Å². The highest BCUT2D eigenvalue weighted by Crippen LogP contribution is 2.28. The highest BCUT2D eigenvalue weighted by atomic mass is 35.5. The molecule has 0 aliphatic heterocycles. The van der Waals surface area contributed by atoms with Gasteiger partial charge in [-0.15, -0.1) is 0 Å². The zero-order valence-electron chi connectivity index (χ0n) is 11.0. The number of nitrogens with two attached hydrogens (primary N) is 1. The fraction of sp³-hybridized carbons (Fsp3) is 0.133. The third kappa shape index (κ3) is 3.89. The Balaban J connectivity index is 2.13. The van der Waals surface area contributed by atoms with E-state index >= 15 is 0 Å². The van der Waals surface area contributed by atoms with Crippen LogP contribution in [0.15, 0.2) is 53.5 Å². The molecule has 5 heteroatoms. The van der Waals surface area contributed by atoms with Crippen molar-refractivity contribution in [1.29, 1.82) is 0 Å². The Bertz CT molecular complexity index is 612. The van der Waals surface area contributed by atoms with Gasteiger partial charge in [0.05, 0.1) is 6.04 Å². The van der Waals surface area contributed by atoms with Crippen molar-refractivity contribution >= 4 is 34.8 Å². The smallest absolute Gasteiger partial charge is 0.193 e. The Morgan fingerprint density at radius 1 is 1.15 bits per heavy atom. The van der Waals surface area contributed by atoms with Gasteiger partial charge in [-0.05, 0) is 36.8 Å². The molecule has 0 aliphatic carbocycles. The van der Waals surface area contributed by atoms with Crippen molar-refractivity contribution in [2.45, 2.75) is 13.0 Å². The van der Waals surface area contributed by atoms with Crippen molar-refractivity contribution in [2.24, 2.45) is 10.7 Å². The van der Waals surface area contributed by atoms with Crippen molar-refractivity contribution in [3.8, 4) is 0 Å². The fourth-order valence-corrected chi connectivity index (χ4v) is 2.39. The van der Waals surface area contributed by atoms with Gasteiger partial charge in [-0.3, -0.25) is 0 Å². The van der Waals surface area contributed by atoms with Crippen molar-refractivity contribution in [3.05, 3.63) is 64.1 Å². The third-order valence-corrected chi connectivity index (χ3v) is 3.35. The van der Waals surface area contributed by atoms with E-state index in [2.05, 4.69) is 10.3 Å². The molecule has 0 aliphatic rings. The van der Waals surface area contributed by atoms with Gasteiger partial charge in [0.2, 0.25) is 0 Å². The van der Waals surface area contributed by atoms with Crippen molar-refractivity contribution in [2.75, 3.05) is 5.32 Å². The van der Waals surface area contributed by atoms with Crippen LogP contribution in [0.25, 0.3) is 0 Å². The van der Waals surface area contributed by atoms with Gasteiger partial charge in [0, 0.05) is 15.7 Å². The second-order valence-electron chi connectivity index (χ2n) is 4.35. The maximum absolute atomic E-state index is 6.15. The maximum Gasteiger partial charge on any atom is 0.193 e. The molecule has 0 radical (unpaired) electrons. The van der Waals surface area contributed by atoms with Crippen LogP contribution in [0.4, 0.5) is 5.69 Å². The van der Waals surface area contributed by atoms with Crippen LogP contribution in [-0.2, 0) is 0 Å². The minimum absolute atomic E-state index is 0.157. The number of para-hydroxylation sites is 1. The number of hydrogen-bond donors (Lipinski definition) is 2. The molecule has 0 spiro atoms. The quantitative estimate of drug-likeness (QED) is 0.649. The van der Waals surface area contributed by atoms with E-state index in [4.69, 9.17) is 28.9 Å². The van der Waals surface area contributed by atoms with Crippen LogP contribution >= 0.6 is 23.2 Å². The van der Waals surface area contributed by atoms with Gasteiger partial charge < -0.3 is 11.1 Å². The highest BCUT2D eigenvalue weighted by Gasteiger charge is 2.09. The predicted molar refractivity (Wildman–Crippen MR) is 86.6 cm³/mol. The predicted octanol–water partition coefficient (Wildman–Crippen LogP) is 4.48. The molecule has 20 heavy (non-hydrogen) atoms. The number of halogens is 2. The summed E-state index contributed by atoms with van der Waals surface area (Å²) < 4.78 is 0. The summed E-state index contributed by atoms with van der Waals surface area (Å²) in [6, 6.07) is 14.8. The van der Waals surface area contributed by atoms with Gasteiger partial charge in [0.1, 0.15) is 0 Å². The topological polar surface area (TPSA) is 50.4 Å². The molecule has 2 aromatic rings. The molecule has 1 atom stereocenters. The summed E-state index contributed by atoms with van der Waals surface area (Å²) in [6.45, 7) is 1.93. The number of rotatable bonds is 3. The maximum atomic E-state index is 6.15. The summed E-state index contributed by atoms with van der Waals surface area (Å²) in [5.74, 6) is 0.342. The summed E-state index contributed by atoms with van der Waals surface area (Å²) in [6.07, 6.45) is 0. The van der Waals surface area contributed by atoms with Gasteiger partial charge in [0.15, 0.2) is 5.96 Å². The van der Waals surface area contributed by atoms with Crippen LogP contribution in [0, 0.1) is 0 Å².